The highest BCUT2D eigenvalue weighted by Gasteiger charge is 2.34. The lowest BCUT2D eigenvalue weighted by atomic mass is 9.91. The van der Waals surface area contributed by atoms with Gasteiger partial charge in [-0.25, -0.2) is 0 Å². The Morgan fingerprint density at radius 1 is 0.862 bits per heavy atom. The van der Waals surface area contributed by atoms with Gasteiger partial charge >= 0.3 is 6.18 Å². The standard InChI is InChI=1S/C22H23F3N2O2/c1-14-6-4-7-15(20(14)28)12-26-18-10-2-3-11-19(18)27-13-16-8-5-9-17(21(16)29)22(23,24)25/h4-9,12-13,18-19,28-29H,2-3,10-11H2,1H3. The van der Waals surface area contributed by atoms with Crippen LogP contribution in [-0.2, 0) is 6.18 Å². The zero-order valence-corrected chi connectivity index (χ0v) is 16.0. The smallest absolute Gasteiger partial charge is 0.419 e. The van der Waals surface area contributed by atoms with Crippen LogP contribution in [-0.4, -0.2) is 34.7 Å². The van der Waals surface area contributed by atoms with Gasteiger partial charge in [0.2, 0.25) is 0 Å². The highest BCUT2D eigenvalue weighted by atomic mass is 19.4. The molecule has 4 nitrogen and oxygen atoms in total. The van der Waals surface area contributed by atoms with Gasteiger partial charge in [-0.3, -0.25) is 9.98 Å². The number of rotatable bonds is 4. The van der Waals surface area contributed by atoms with Crippen LogP contribution < -0.4 is 0 Å². The number of benzene rings is 2. The fourth-order valence-electron chi connectivity index (χ4n) is 3.47. The normalized spacial score (nSPS) is 20.6. The minimum absolute atomic E-state index is 0.0319. The van der Waals surface area contributed by atoms with Crippen molar-refractivity contribution < 1.29 is 23.4 Å². The van der Waals surface area contributed by atoms with E-state index in [1.807, 2.05) is 19.1 Å². The number of para-hydroxylation sites is 2. The fraction of sp³-hybridized carbons (Fsp3) is 0.364. The van der Waals surface area contributed by atoms with E-state index < -0.39 is 17.5 Å². The average molecular weight is 404 g/mol. The van der Waals surface area contributed by atoms with E-state index in [0.717, 1.165) is 37.3 Å². The van der Waals surface area contributed by atoms with Crippen molar-refractivity contribution in [1.29, 1.82) is 0 Å². The number of hydrogen-bond donors (Lipinski definition) is 2. The van der Waals surface area contributed by atoms with E-state index in [0.29, 0.717) is 5.56 Å². The topological polar surface area (TPSA) is 65.2 Å². The second-order valence-electron chi connectivity index (χ2n) is 7.23. The summed E-state index contributed by atoms with van der Waals surface area (Å²) in [7, 11) is 0. The molecule has 2 atom stereocenters. The van der Waals surface area contributed by atoms with Crippen molar-refractivity contribution >= 4 is 12.4 Å². The van der Waals surface area contributed by atoms with E-state index in [2.05, 4.69) is 9.98 Å². The van der Waals surface area contributed by atoms with Crippen molar-refractivity contribution in [2.75, 3.05) is 0 Å². The minimum atomic E-state index is -4.62. The summed E-state index contributed by atoms with van der Waals surface area (Å²) < 4.78 is 38.9. The van der Waals surface area contributed by atoms with Crippen molar-refractivity contribution in [1.82, 2.24) is 0 Å². The maximum Gasteiger partial charge on any atom is 0.419 e. The summed E-state index contributed by atoms with van der Waals surface area (Å²) in [5.41, 5.74) is 0.333. The van der Waals surface area contributed by atoms with Gasteiger partial charge < -0.3 is 10.2 Å². The third-order valence-electron chi connectivity index (χ3n) is 5.15. The molecule has 2 aromatic carbocycles. The van der Waals surface area contributed by atoms with E-state index >= 15 is 0 Å². The first kappa shape index (κ1) is 20.9. The lowest BCUT2D eigenvalue weighted by Gasteiger charge is -2.25. The number of alkyl halides is 3. The molecular weight excluding hydrogens is 381 g/mol. The molecule has 0 aromatic heterocycles. The molecule has 0 aliphatic heterocycles. The summed E-state index contributed by atoms with van der Waals surface area (Å²) in [6.07, 6.45) is 1.82. The van der Waals surface area contributed by atoms with Crippen LogP contribution in [0.25, 0.3) is 0 Å². The molecule has 0 bridgehead atoms. The summed E-state index contributed by atoms with van der Waals surface area (Å²) >= 11 is 0. The van der Waals surface area contributed by atoms with Crippen LogP contribution in [0.2, 0.25) is 0 Å². The van der Waals surface area contributed by atoms with Gasteiger partial charge in [-0.2, -0.15) is 13.2 Å². The molecule has 1 aliphatic rings. The van der Waals surface area contributed by atoms with Crippen molar-refractivity contribution in [3.05, 3.63) is 58.7 Å². The van der Waals surface area contributed by atoms with Crippen molar-refractivity contribution in [3.8, 4) is 11.5 Å². The number of nitrogens with zero attached hydrogens (tertiary/aromatic N) is 2. The number of aryl methyl sites for hydroxylation is 1. The predicted octanol–water partition coefficient (Wildman–Crippen LogP) is 5.27. The van der Waals surface area contributed by atoms with Gasteiger partial charge in [-0.15, -0.1) is 0 Å². The molecule has 1 saturated carbocycles. The predicted molar refractivity (Wildman–Crippen MR) is 107 cm³/mol. The molecule has 1 fully saturated rings. The summed E-state index contributed by atoms with van der Waals surface area (Å²) in [4.78, 5) is 9.03. The van der Waals surface area contributed by atoms with E-state index in [1.165, 1.54) is 18.3 Å². The van der Waals surface area contributed by atoms with Gasteiger partial charge in [0.05, 0.1) is 17.6 Å². The average Bonchev–Trinajstić information content (AvgIpc) is 2.68. The monoisotopic (exact) mass is 404 g/mol. The van der Waals surface area contributed by atoms with Crippen LogP contribution in [0.3, 0.4) is 0 Å². The molecule has 0 saturated heterocycles. The summed E-state index contributed by atoms with van der Waals surface area (Å²) in [6, 6.07) is 8.59. The zero-order chi connectivity index (χ0) is 21.0. The van der Waals surface area contributed by atoms with Crippen molar-refractivity contribution in [3.63, 3.8) is 0 Å². The van der Waals surface area contributed by atoms with E-state index in [9.17, 15) is 23.4 Å². The number of phenolic OH excluding ortho intramolecular Hbond substituents is 2. The van der Waals surface area contributed by atoms with Crippen LogP contribution >= 0.6 is 0 Å². The van der Waals surface area contributed by atoms with Gasteiger partial charge in [0.1, 0.15) is 11.5 Å². The molecule has 0 radical (unpaired) electrons. The Bertz CT molecular complexity index is 923. The van der Waals surface area contributed by atoms with Crippen LogP contribution in [0.4, 0.5) is 13.2 Å². The second-order valence-corrected chi connectivity index (χ2v) is 7.23. The van der Waals surface area contributed by atoms with Gasteiger partial charge in [0, 0.05) is 23.6 Å². The Hall–Kier alpha value is -2.83. The molecule has 2 unspecified atom stereocenters. The van der Waals surface area contributed by atoms with E-state index in [-0.39, 0.29) is 23.4 Å². The van der Waals surface area contributed by atoms with Gasteiger partial charge in [0.15, 0.2) is 0 Å². The summed E-state index contributed by atoms with van der Waals surface area (Å²) in [5.74, 6) is -0.634. The highest BCUT2D eigenvalue weighted by molar-refractivity contribution is 5.85. The van der Waals surface area contributed by atoms with Gasteiger partial charge in [-0.05, 0) is 43.5 Å². The third kappa shape index (κ3) is 4.96. The van der Waals surface area contributed by atoms with Crippen molar-refractivity contribution in [2.45, 2.75) is 50.9 Å². The molecule has 0 amide bonds. The lowest BCUT2D eigenvalue weighted by molar-refractivity contribution is -0.138. The number of aromatic hydroxyl groups is 2. The van der Waals surface area contributed by atoms with Gasteiger partial charge in [-0.1, -0.05) is 31.0 Å². The molecule has 0 heterocycles. The molecule has 0 spiro atoms. The van der Waals surface area contributed by atoms with Gasteiger partial charge in [0.25, 0.3) is 0 Å². The number of aliphatic imine (C=N–C) groups is 2. The second kappa shape index (κ2) is 8.68. The number of halogens is 3. The molecule has 3 rings (SSSR count). The van der Waals surface area contributed by atoms with Crippen LogP contribution in [0.1, 0.15) is 47.9 Å². The van der Waals surface area contributed by atoms with E-state index in [1.54, 1.807) is 12.3 Å². The Morgan fingerprint density at radius 2 is 1.38 bits per heavy atom. The van der Waals surface area contributed by atoms with Crippen LogP contribution in [0.15, 0.2) is 46.4 Å². The molecular formula is C22H23F3N2O2. The number of phenols is 2. The quantitative estimate of drug-likeness (QED) is 0.682. The van der Waals surface area contributed by atoms with Crippen LogP contribution in [0, 0.1) is 6.92 Å². The maximum absolute atomic E-state index is 13.0. The fourth-order valence-corrected chi connectivity index (χ4v) is 3.47. The molecule has 29 heavy (non-hydrogen) atoms. The summed E-state index contributed by atoms with van der Waals surface area (Å²) in [5, 5.41) is 20.1. The molecule has 2 aromatic rings. The first-order valence-electron chi connectivity index (χ1n) is 9.51. The first-order valence-corrected chi connectivity index (χ1v) is 9.51. The maximum atomic E-state index is 13.0. The highest BCUT2D eigenvalue weighted by Crippen LogP contribution is 2.37. The SMILES string of the molecule is Cc1cccc(C=NC2CCCCC2N=Cc2cccc(C(F)(F)F)c2O)c1O. The Morgan fingerprint density at radius 3 is 1.93 bits per heavy atom. The Labute approximate surface area is 167 Å². The number of hydrogen-bond acceptors (Lipinski definition) is 4. The third-order valence-corrected chi connectivity index (χ3v) is 5.15. The molecule has 1 aliphatic carbocycles. The largest absolute Gasteiger partial charge is 0.507 e. The van der Waals surface area contributed by atoms with Crippen molar-refractivity contribution in [2.24, 2.45) is 9.98 Å². The van der Waals surface area contributed by atoms with E-state index in [4.69, 9.17) is 0 Å². The van der Waals surface area contributed by atoms with Crippen LogP contribution in [0.5, 0.6) is 11.5 Å². The Balaban J connectivity index is 1.80. The summed E-state index contributed by atoms with van der Waals surface area (Å²) in [6.45, 7) is 1.81. The molecule has 7 heteroatoms. The Kier molecular flexibility index (Phi) is 6.25. The molecule has 154 valence electrons. The molecule has 2 N–H and O–H groups in total. The first-order chi connectivity index (χ1) is 13.8. The minimum Gasteiger partial charge on any atom is -0.507 e. The zero-order valence-electron chi connectivity index (χ0n) is 16.0. The lowest BCUT2D eigenvalue weighted by Crippen LogP contribution is -2.27.